The summed E-state index contributed by atoms with van der Waals surface area (Å²) in [7, 11) is -4.41. The van der Waals surface area contributed by atoms with E-state index in [1.807, 2.05) is 0 Å². The molecular formula is C12H12NO7S-. The van der Waals surface area contributed by atoms with E-state index < -0.39 is 38.0 Å². The van der Waals surface area contributed by atoms with Gasteiger partial charge in [0.25, 0.3) is 5.69 Å². The van der Waals surface area contributed by atoms with Gasteiger partial charge in [-0.2, -0.15) is 0 Å². The van der Waals surface area contributed by atoms with Gasteiger partial charge in [-0.05, 0) is 19.4 Å². The summed E-state index contributed by atoms with van der Waals surface area (Å²) in [6.45, 7) is 1.21. The van der Waals surface area contributed by atoms with Crippen molar-refractivity contribution >= 4 is 27.4 Å². The smallest absolute Gasteiger partial charge is 0.270 e. The number of carbonyl (C=O) groups excluding carboxylic acids is 2. The zero-order valence-corrected chi connectivity index (χ0v) is 11.9. The van der Waals surface area contributed by atoms with E-state index in [1.165, 1.54) is 13.0 Å². The number of Topliss-reactive ketones (excluding diaryl/α,β-unsaturated/α-hetero) is 2. The molecule has 0 bridgehead atoms. The van der Waals surface area contributed by atoms with Crippen LogP contribution in [0.25, 0.3) is 0 Å². The largest absolute Gasteiger partial charge is 0.748 e. The van der Waals surface area contributed by atoms with E-state index in [2.05, 4.69) is 0 Å². The van der Waals surface area contributed by atoms with E-state index in [4.69, 9.17) is 0 Å². The van der Waals surface area contributed by atoms with Crippen molar-refractivity contribution in [3.8, 4) is 0 Å². The Morgan fingerprint density at radius 1 is 1.19 bits per heavy atom. The van der Waals surface area contributed by atoms with Gasteiger partial charge in [-0.25, -0.2) is 8.42 Å². The molecule has 1 rings (SSSR count). The minimum Gasteiger partial charge on any atom is -0.748 e. The number of rotatable bonds is 7. The molecule has 0 saturated carbocycles. The van der Waals surface area contributed by atoms with Crippen molar-refractivity contribution in [2.75, 3.05) is 5.75 Å². The Morgan fingerprint density at radius 3 is 2.24 bits per heavy atom. The summed E-state index contributed by atoms with van der Waals surface area (Å²) in [5.41, 5.74) is -0.441. The summed E-state index contributed by atoms with van der Waals surface area (Å²) < 4.78 is 31.3. The molecule has 0 amide bonds. The highest BCUT2D eigenvalue weighted by Gasteiger charge is 2.16. The number of nitro groups is 1. The lowest BCUT2D eigenvalue weighted by atomic mass is 10.0. The Labute approximate surface area is 120 Å². The summed E-state index contributed by atoms with van der Waals surface area (Å²) in [6, 6.07) is 3.28. The molecule has 0 spiro atoms. The molecule has 21 heavy (non-hydrogen) atoms. The van der Waals surface area contributed by atoms with Crippen LogP contribution in [0.5, 0.6) is 0 Å². The van der Waals surface area contributed by atoms with Crippen LogP contribution >= 0.6 is 0 Å². The standard InChI is InChI=1S/C12H13NO7S/c1-8(14)9-5-10(7-11(6-9)13(16)17)12(15)3-2-4-21(18,19)20/h5-7H,2-4H2,1H3,(H,18,19,20)/p-1. The summed E-state index contributed by atoms with van der Waals surface area (Å²) in [4.78, 5) is 33.2. The van der Waals surface area contributed by atoms with Crippen LogP contribution in [0.3, 0.4) is 0 Å². The molecule has 0 aliphatic heterocycles. The molecule has 0 heterocycles. The van der Waals surface area contributed by atoms with Crippen molar-refractivity contribution in [3.63, 3.8) is 0 Å². The fourth-order valence-corrected chi connectivity index (χ4v) is 2.13. The Morgan fingerprint density at radius 2 is 1.76 bits per heavy atom. The second-order valence-corrected chi connectivity index (χ2v) is 5.89. The van der Waals surface area contributed by atoms with Crippen molar-refractivity contribution < 1.29 is 27.5 Å². The molecule has 0 radical (unpaired) electrons. The van der Waals surface area contributed by atoms with Crippen molar-refractivity contribution in [1.29, 1.82) is 0 Å². The van der Waals surface area contributed by atoms with E-state index in [-0.39, 0.29) is 24.0 Å². The highest BCUT2D eigenvalue weighted by Crippen LogP contribution is 2.19. The molecule has 0 N–H and O–H groups in total. The van der Waals surface area contributed by atoms with Crippen LogP contribution in [0.1, 0.15) is 40.5 Å². The van der Waals surface area contributed by atoms with Gasteiger partial charge in [0.05, 0.1) is 15.0 Å². The van der Waals surface area contributed by atoms with Crippen LogP contribution in [-0.4, -0.2) is 35.2 Å². The van der Waals surface area contributed by atoms with E-state index in [0.29, 0.717) is 0 Å². The monoisotopic (exact) mass is 314 g/mol. The number of ketones is 2. The minimum absolute atomic E-state index is 0.0176. The molecule has 0 aliphatic rings. The third-order valence-corrected chi connectivity index (χ3v) is 3.44. The van der Waals surface area contributed by atoms with Crippen LogP contribution < -0.4 is 0 Å². The molecule has 1 aromatic rings. The number of benzene rings is 1. The predicted octanol–water partition coefficient (Wildman–Crippen LogP) is 1.31. The van der Waals surface area contributed by atoms with Crippen LogP contribution in [0, 0.1) is 10.1 Å². The maximum Gasteiger partial charge on any atom is 0.270 e. The number of hydrogen-bond acceptors (Lipinski definition) is 7. The summed E-state index contributed by atoms with van der Waals surface area (Å²) in [5, 5.41) is 10.8. The average molecular weight is 314 g/mol. The van der Waals surface area contributed by atoms with Crippen molar-refractivity contribution in [1.82, 2.24) is 0 Å². The predicted molar refractivity (Wildman–Crippen MR) is 71.2 cm³/mol. The van der Waals surface area contributed by atoms with Gasteiger partial charge < -0.3 is 4.55 Å². The molecule has 9 heteroatoms. The van der Waals surface area contributed by atoms with E-state index in [1.54, 1.807) is 0 Å². The number of hydrogen-bond donors (Lipinski definition) is 0. The first-order chi connectivity index (χ1) is 9.60. The quantitative estimate of drug-likeness (QED) is 0.320. The fourth-order valence-electron chi connectivity index (χ4n) is 1.63. The first-order valence-electron chi connectivity index (χ1n) is 5.87. The van der Waals surface area contributed by atoms with Crippen molar-refractivity contribution in [2.24, 2.45) is 0 Å². The minimum atomic E-state index is -4.41. The lowest BCUT2D eigenvalue weighted by Crippen LogP contribution is -2.08. The maximum atomic E-state index is 11.8. The first kappa shape index (κ1) is 16.9. The van der Waals surface area contributed by atoms with Gasteiger partial charge in [0, 0.05) is 35.4 Å². The van der Waals surface area contributed by atoms with Crippen LogP contribution in [0.2, 0.25) is 0 Å². The molecule has 0 aliphatic carbocycles. The number of nitrogens with zero attached hydrogens (tertiary/aromatic N) is 1. The Balaban J connectivity index is 2.98. The second kappa shape index (κ2) is 6.55. The zero-order chi connectivity index (χ0) is 16.2. The van der Waals surface area contributed by atoms with Crippen LogP contribution in [0.4, 0.5) is 5.69 Å². The molecule has 8 nitrogen and oxygen atoms in total. The van der Waals surface area contributed by atoms with E-state index >= 15 is 0 Å². The topological polar surface area (TPSA) is 134 Å². The summed E-state index contributed by atoms with van der Waals surface area (Å²) in [5.74, 6) is -1.69. The highest BCUT2D eigenvalue weighted by molar-refractivity contribution is 7.85. The number of non-ortho nitro benzene ring substituents is 1. The Kier molecular flexibility index (Phi) is 5.28. The molecule has 1 aromatic carbocycles. The van der Waals surface area contributed by atoms with Gasteiger partial charge >= 0.3 is 0 Å². The SMILES string of the molecule is CC(=O)c1cc(C(=O)CCCS(=O)(=O)[O-])cc([N+](=O)[O-])c1. The molecular weight excluding hydrogens is 302 g/mol. The fraction of sp³-hybridized carbons (Fsp3) is 0.333. The van der Waals surface area contributed by atoms with E-state index in [0.717, 1.165) is 12.1 Å². The zero-order valence-electron chi connectivity index (χ0n) is 11.1. The van der Waals surface area contributed by atoms with Crippen molar-refractivity contribution in [3.05, 3.63) is 39.4 Å². The summed E-state index contributed by atoms with van der Waals surface area (Å²) in [6.07, 6.45) is -0.428. The van der Waals surface area contributed by atoms with Crippen LogP contribution in [0.15, 0.2) is 18.2 Å². The van der Waals surface area contributed by atoms with Gasteiger partial charge in [-0.1, -0.05) is 0 Å². The van der Waals surface area contributed by atoms with E-state index in [9.17, 15) is 32.7 Å². The first-order valence-corrected chi connectivity index (χ1v) is 7.45. The molecule has 0 atom stereocenters. The van der Waals surface area contributed by atoms with Crippen molar-refractivity contribution in [2.45, 2.75) is 19.8 Å². The second-order valence-electron chi connectivity index (χ2n) is 4.37. The third-order valence-electron chi connectivity index (χ3n) is 2.66. The normalized spacial score (nSPS) is 11.1. The Bertz CT molecular complexity index is 661. The van der Waals surface area contributed by atoms with Gasteiger partial charge in [-0.15, -0.1) is 0 Å². The van der Waals surface area contributed by atoms with Gasteiger partial charge in [-0.3, -0.25) is 19.7 Å². The molecule has 0 fully saturated rings. The van der Waals surface area contributed by atoms with Gasteiger partial charge in [0.1, 0.15) is 0 Å². The third kappa shape index (κ3) is 5.40. The summed E-state index contributed by atoms with van der Waals surface area (Å²) >= 11 is 0. The highest BCUT2D eigenvalue weighted by atomic mass is 32.2. The molecule has 0 aromatic heterocycles. The maximum absolute atomic E-state index is 11.8. The number of nitro benzene ring substituents is 1. The lowest BCUT2D eigenvalue weighted by Gasteiger charge is -2.06. The lowest BCUT2D eigenvalue weighted by molar-refractivity contribution is -0.384. The van der Waals surface area contributed by atoms with Gasteiger partial charge in [0.2, 0.25) is 0 Å². The molecule has 0 unspecified atom stereocenters. The average Bonchev–Trinajstić information content (AvgIpc) is 2.36. The molecule has 0 saturated heterocycles. The number of carbonyl (C=O) groups is 2. The van der Waals surface area contributed by atoms with Gasteiger partial charge in [0.15, 0.2) is 11.6 Å². The Hall–Kier alpha value is -2.13. The molecule has 114 valence electrons. The van der Waals surface area contributed by atoms with Crippen LogP contribution in [-0.2, 0) is 10.1 Å².